The van der Waals surface area contributed by atoms with Crippen molar-refractivity contribution in [2.45, 2.75) is 45.7 Å². The van der Waals surface area contributed by atoms with Gasteiger partial charge in [-0.15, -0.1) is 0 Å². The van der Waals surface area contributed by atoms with Crippen LogP contribution in [-0.4, -0.2) is 15.7 Å². The van der Waals surface area contributed by atoms with E-state index in [2.05, 4.69) is 10.4 Å². The van der Waals surface area contributed by atoms with E-state index in [-0.39, 0.29) is 23.4 Å². The summed E-state index contributed by atoms with van der Waals surface area (Å²) in [7, 11) is 0. The summed E-state index contributed by atoms with van der Waals surface area (Å²) in [6.07, 6.45) is 2.82. The van der Waals surface area contributed by atoms with Crippen LogP contribution < -0.4 is 16.6 Å². The van der Waals surface area contributed by atoms with E-state index in [1.807, 2.05) is 44.2 Å². The number of benzene rings is 2. The number of carbonyl (C=O) groups excluding carboxylic acids is 1. The molecule has 2 aromatic carbocycles. The van der Waals surface area contributed by atoms with Crippen LogP contribution in [0.3, 0.4) is 0 Å². The first kappa shape index (κ1) is 19.2. The summed E-state index contributed by atoms with van der Waals surface area (Å²) in [6.45, 7) is 4.51. The lowest BCUT2D eigenvalue weighted by atomic mass is 9.87. The number of nitrogens with zero attached hydrogens (tertiary/aromatic N) is 2. The Bertz CT molecular complexity index is 1130. The molecule has 0 fully saturated rings. The summed E-state index contributed by atoms with van der Waals surface area (Å²) in [5, 5.41) is 8.70. The van der Waals surface area contributed by atoms with Gasteiger partial charge < -0.3 is 11.1 Å². The van der Waals surface area contributed by atoms with Gasteiger partial charge in [-0.3, -0.25) is 9.59 Å². The molecule has 0 radical (unpaired) electrons. The Morgan fingerprint density at radius 2 is 2.00 bits per heavy atom. The second-order valence-corrected chi connectivity index (χ2v) is 8.15. The maximum absolute atomic E-state index is 13.2. The van der Waals surface area contributed by atoms with Crippen molar-refractivity contribution in [3.63, 3.8) is 0 Å². The fourth-order valence-corrected chi connectivity index (χ4v) is 4.08. The number of carbonyl (C=O) groups is 1. The first-order valence-electron chi connectivity index (χ1n) is 10.1. The van der Waals surface area contributed by atoms with E-state index in [4.69, 9.17) is 5.73 Å². The molecule has 0 saturated heterocycles. The van der Waals surface area contributed by atoms with Gasteiger partial charge >= 0.3 is 0 Å². The van der Waals surface area contributed by atoms with E-state index < -0.39 is 0 Å². The van der Waals surface area contributed by atoms with Crippen molar-refractivity contribution >= 4 is 22.4 Å². The molecular formula is C23H26N4O2. The second-order valence-electron chi connectivity index (χ2n) is 8.15. The van der Waals surface area contributed by atoms with Gasteiger partial charge in [-0.25, -0.2) is 4.68 Å². The van der Waals surface area contributed by atoms with Gasteiger partial charge in [0, 0.05) is 17.6 Å². The van der Waals surface area contributed by atoms with Gasteiger partial charge in [-0.1, -0.05) is 38.1 Å². The van der Waals surface area contributed by atoms with Gasteiger partial charge in [0.05, 0.1) is 11.4 Å². The molecule has 0 aliphatic heterocycles. The third kappa shape index (κ3) is 3.75. The van der Waals surface area contributed by atoms with E-state index in [9.17, 15) is 9.59 Å². The highest BCUT2D eigenvalue weighted by Crippen LogP contribution is 2.31. The third-order valence-electron chi connectivity index (χ3n) is 5.41. The molecule has 1 aromatic heterocycles. The van der Waals surface area contributed by atoms with E-state index >= 15 is 0 Å². The number of nitrogen functional groups attached to an aromatic ring is 1. The minimum absolute atomic E-state index is 0.0853. The predicted octanol–water partition coefficient (Wildman–Crippen LogP) is 3.44. The Hall–Kier alpha value is -3.15. The number of hydrogen-bond donors (Lipinski definition) is 2. The van der Waals surface area contributed by atoms with Crippen molar-refractivity contribution in [2.24, 2.45) is 5.92 Å². The molecule has 29 heavy (non-hydrogen) atoms. The number of nitrogens with two attached hydrogens (primary N) is 1. The number of hydrogen-bond acceptors (Lipinski definition) is 4. The maximum atomic E-state index is 13.2. The highest BCUT2D eigenvalue weighted by molar-refractivity contribution is 6.04. The van der Waals surface area contributed by atoms with Crippen LogP contribution in [0.1, 0.15) is 54.3 Å². The molecule has 6 heteroatoms. The van der Waals surface area contributed by atoms with Crippen LogP contribution >= 0.6 is 0 Å². The molecule has 1 amide bonds. The molecule has 0 spiro atoms. The average Bonchev–Trinajstić information content (AvgIpc) is 2.69. The van der Waals surface area contributed by atoms with Crippen molar-refractivity contribution in [3.05, 3.63) is 69.6 Å². The lowest BCUT2D eigenvalue weighted by Crippen LogP contribution is -2.34. The molecule has 6 nitrogen and oxygen atoms in total. The average molecular weight is 390 g/mol. The first-order chi connectivity index (χ1) is 13.9. The Balaban J connectivity index is 1.73. The van der Waals surface area contributed by atoms with Crippen LogP contribution in [0.5, 0.6) is 0 Å². The highest BCUT2D eigenvalue weighted by Gasteiger charge is 2.24. The molecule has 3 aromatic rings. The molecule has 1 heterocycles. The summed E-state index contributed by atoms with van der Waals surface area (Å²) in [5.41, 5.74) is 9.09. The Morgan fingerprint density at radius 1 is 1.24 bits per heavy atom. The Kier molecular flexibility index (Phi) is 5.09. The van der Waals surface area contributed by atoms with Gasteiger partial charge in [-0.2, -0.15) is 5.10 Å². The van der Waals surface area contributed by atoms with Crippen molar-refractivity contribution in [3.8, 4) is 0 Å². The zero-order chi connectivity index (χ0) is 20.5. The molecule has 150 valence electrons. The largest absolute Gasteiger partial charge is 0.399 e. The lowest BCUT2D eigenvalue weighted by molar-refractivity contribution is 0.0927. The van der Waals surface area contributed by atoms with Crippen LogP contribution in [0.2, 0.25) is 0 Å². The summed E-state index contributed by atoms with van der Waals surface area (Å²) < 4.78 is 1.41. The lowest BCUT2D eigenvalue weighted by Gasteiger charge is -2.26. The van der Waals surface area contributed by atoms with Crippen LogP contribution in [0, 0.1) is 5.92 Å². The van der Waals surface area contributed by atoms with Crippen molar-refractivity contribution < 1.29 is 4.79 Å². The van der Waals surface area contributed by atoms with Crippen LogP contribution in [0.25, 0.3) is 10.8 Å². The standard InChI is InChI=1S/C23H26N4O2/c1-14(2)13-27-23(29)19-8-4-3-7-18(19)21(26-27)22(28)25-20-9-5-6-15-12-16(24)10-11-17(15)20/h3-4,7-8,10-12,14,20H,5-6,9,13,24H2,1-2H3,(H,25,28). The van der Waals surface area contributed by atoms with Gasteiger partial charge in [0.2, 0.25) is 0 Å². The Morgan fingerprint density at radius 3 is 2.76 bits per heavy atom. The van der Waals surface area contributed by atoms with E-state index in [1.54, 1.807) is 12.1 Å². The molecule has 3 N–H and O–H groups in total. The number of nitrogens with one attached hydrogen (secondary N) is 1. The number of aryl methyl sites for hydroxylation is 1. The maximum Gasteiger partial charge on any atom is 0.274 e. The topological polar surface area (TPSA) is 90.0 Å². The van der Waals surface area contributed by atoms with Gasteiger partial charge in [0.25, 0.3) is 11.5 Å². The number of fused-ring (bicyclic) bond motifs is 2. The summed E-state index contributed by atoms with van der Waals surface area (Å²) >= 11 is 0. The predicted molar refractivity (Wildman–Crippen MR) is 115 cm³/mol. The van der Waals surface area contributed by atoms with E-state index in [0.717, 1.165) is 30.5 Å². The number of rotatable bonds is 4. The quantitative estimate of drug-likeness (QED) is 0.668. The molecule has 1 atom stereocenters. The molecule has 1 unspecified atom stereocenters. The molecule has 1 aliphatic rings. The van der Waals surface area contributed by atoms with Gasteiger partial charge in [0.1, 0.15) is 0 Å². The fraction of sp³-hybridized carbons (Fsp3) is 0.348. The van der Waals surface area contributed by atoms with E-state index in [1.165, 1.54) is 10.2 Å². The number of amides is 1. The van der Waals surface area contributed by atoms with Crippen LogP contribution in [0.15, 0.2) is 47.3 Å². The highest BCUT2D eigenvalue weighted by atomic mass is 16.2. The monoisotopic (exact) mass is 390 g/mol. The Labute approximate surface area is 169 Å². The van der Waals surface area contributed by atoms with Crippen molar-refractivity contribution in [2.75, 3.05) is 5.73 Å². The van der Waals surface area contributed by atoms with Crippen molar-refractivity contribution in [1.82, 2.24) is 15.1 Å². The minimum atomic E-state index is -0.256. The number of anilines is 1. The summed E-state index contributed by atoms with van der Waals surface area (Å²) in [4.78, 5) is 26.0. The molecule has 0 bridgehead atoms. The van der Waals surface area contributed by atoms with Gasteiger partial charge in [-0.05, 0) is 54.5 Å². The fourth-order valence-electron chi connectivity index (χ4n) is 4.08. The first-order valence-corrected chi connectivity index (χ1v) is 10.1. The zero-order valence-corrected chi connectivity index (χ0v) is 16.8. The van der Waals surface area contributed by atoms with Gasteiger partial charge in [0.15, 0.2) is 5.69 Å². The minimum Gasteiger partial charge on any atom is -0.399 e. The number of aromatic nitrogens is 2. The molecule has 4 rings (SSSR count). The van der Waals surface area contributed by atoms with Crippen LogP contribution in [-0.2, 0) is 13.0 Å². The smallest absolute Gasteiger partial charge is 0.274 e. The third-order valence-corrected chi connectivity index (χ3v) is 5.41. The molecule has 0 saturated carbocycles. The van der Waals surface area contributed by atoms with Crippen molar-refractivity contribution in [1.29, 1.82) is 0 Å². The zero-order valence-electron chi connectivity index (χ0n) is 16.8. The molecule has 1 aliphatic carbocycles. The van der Waals surface area contributed by atoms with E-state index in [0.29, 0.717) is 23.0 Å². The van der Waals surface area contributed by atoms with Crippen LogP contribution in [0.4, 0.5) is 5.69 Å². The second kappa shape index (κ2) is 7.70. The summed E-state index contributed by atoms with van der Waals surface area (Å²) in [6, 6.07) is 13.0. The SMILES string of the molecule is CC(C)Cn1nc(C(=O)NC2CCCc3cc(N)ccc32)c2ccccc2c1=O. The summed E-state index contributed by atoms with van der Waals surface area (Å²) in [5.74, 6) is -0.0127. The molecular weight excluding hydrogens is 364 g/mol. The normalized spacial score (nSPS) is 16.0.